The van der Waals surface area contributed by atoms with Gasteiger partial charge in [0.25, 0.3) is 0 Å². The van der Waals surface area contributed by atoms with Gasteiger partial charge in [0.05, 0.1) is 6.61 Å². The second-order valence-corrected chi connectivity index (χ2v) is 4.95. The Morgan fingerprint density at radius 2 is 1.89 bits per heavy atom. The SMILES string of the molecule is CC1Cc2ccccc2N1c1cccc(F)c1CO. The number of halogens is 1. The van der Waals surface area contributed by atoms with Crippen molar-refractivity contribution in [3.8, 4) is 0 Å². The number of anilines is 2. The van der Waals surface area contributed by atoms with Gasteiger partial charge in [-0.05, 0) is 37.1 Å². The van der Waals surface area contributed by atoms with Crippen molar-refractivity contribution in [2.75, 3.05) is 4.90 Å². The van der Waals surface area contributed by atoms with Crippen molar-refractivity contribution in [2.45, 2.75) is 26.0 Å². The Morgan fingerprint density at radius 1 is 1.16 bits per heavy atom. The Labute approximate surface area is 112 Å². The van der Waals surface area contributed by atoms with Gasteiger partial charge in [0.15, 0.2) is 0 Å². The number of aliphatic hydroxyl groups is 1. The van der Waals surface area contributed by atoms with E-state index in [2.05, 4.69) is 17.9 Å². The number of hydrogen-bond acceptors (Lipinski definition) is 2. The van der Waals surface area contributed by atoms with Crippen LogP contribution in [0.1, 0.15) is 18.1 Å². The highest BCUT2D eigenvalue weighted by Gasteiger charge is 2.28. The van der Waals surface area contributed by atoms with Crippen LogP contribution in [-0.2, 0) is 13.0 Å². The van der Waals surface area contributed by atoms with E-state index in [1.54, 1.807) is 6.07 Å². The third-order valence-electron chi connectivity index (χ3n) is 3.72. The van der Waals surface area contributed by atoms with E-state index < -0.39 is 0 Å². The quantitative estimate of drug-likeness (QED) is 0.891. The van der Waals surface area contributed by atoms with Gasteiger partial charge < -0.3 is 10.0 Å². The number of benzene rings is 2. The molecular weight excluding hydrogens is 241 g/mol. The van der Waals surface area contributed by atoms with E-state index in [0.717, 1.165) is 17.8 Å². The van der Waals surface area contributed by atoms with Gasteiger partial charge >= 0.3 is 0 Å². The first kappa shape index (κ1) is 12.2. The molecule has 0 spiro atoms. The van der Waals surface area contributed by atoms with E-state index >= 15 is 0 Å². The summed E-state index contributed by atoms with van der Waals surface area (Å²) in [6.45, 7) is 1.83. The molecule has 0 amide bonds. The third-order valence-corrected chi connectivity index (χ3v) is 3.72. The van der Waals surface area contributed by atoms with Crippen molar-refractivity contribution >= 4 is 11.4 Å². The Bertz CT molecular complexity index is 611. The van der Waals surface area contributed by atoms with Crippen molar-refractivity contribution in [3.05, 3.63) is 59.4 Å². The minimum atomic E-state index is -0.350. The van der Waals surface area contributed by atoms with E-state index in [0.29, 0.717) is 5.56 Å². The van der Waals surface area contributed by atoms with Crippen molar-refractivity contribution in [1.29, 1.82) is 0 Å². The highest BCUT2D eigenvalue weighted by atomic mass is 19.1. The monoisotopic (exact) mass is 257 g/mol. The molecule has 0 aromatic heterocycles. The van der Waals surface area contributed by atoms with E-state index in [4.69, 9.17) is 0 Å². The predicted molar refractivity (Wildman–Crippen MR) is 74.1 cm³/mol. The molecule has 0 bridgehead atoms. The van der Waals surface area contributed by atoms with Gasteiger partial charge in [-0.15, -0.1) is 0 Å². The second kappa shape index (κ2) is 4.67. The van der Waals surface area contributed by atoms with E-state index in [-0.39, 0.29) is 18.5 Å². The number of hydrogen-bond donors (Lipinski definition) is 1. The van der Waals surface area contributed by atoms with Crippen LogP contribution >= 0.6 is 0 Å². The molecule has 1 aliphatic rings. The van der Waals surface area contributed by atoms with Crippen LogP contribution in [0, 0.1) is 5.82 Å². The average molecular weight is 257 g/mol. The fourth-order valence-corrected chi connectivity index (χ4v) is 2.86. The van der Waals surface area contributed by atoms with Gasteiger partial charge in [0.2, 0.25) is 0 Å². The molecule has 98 valence electrons. The molecule has 0 fully saturated rings. The summed E-state index contributed by atoms with van der Waals surface area (Å²) in [5.41, 5.74) is 3.50. The van der Waals surface area contributed by atoms with Gasteiger partial charge in [0.1, 0.15) is 5.82 Å². The summed E-state index contributed by atoms with van der Waals surface area (Å²) >= 11 is 0. The maximum Gasteiger partial charge on any atom is 0.130 e. The molecule has 0 saturated carbocycles. The molecule has 0 saturated heterocycles. The Kier molecular flexibility index (Phi) is 2.99. The second-order valence-electron chi connectivity index (χ2n) is 4.95. The number of fused-ring (bicyclic) bond motifs is 1. The summed E-state index contributed by atoms with van der Waals surface area (Å²) in [7, 11) is 0. The van der Waals surface area contributed by atoms with E-state index in [1.165, 1.54) is 11.6 Å². The summed E-state index contributed by atoms with van der Waals surface area (Å²) in [6.07, 6.45) is 0.942. The van der Waals surface area contributed by atoms with Crippen LogP contribution in [0.15, 0.2) is 42.5 Å². The lowest BCUT2D eigenvalue weighted by molar-refractivity contribution is 0.276. The van der Waals surface area contributed by atoms with Crippen molar-refractivity contribution in [2.24, 2.45) is 0 Å². The molecule has 3 heteroatoms. The van der Waals surface area contributed by atoms with Crippen LogP contribution in [0.4, 0.5) is 15.8 Å². The molecule has 1 unspecified atom stereocenters. The molecule has 2 aromatic carbocycles. The van der Waals surface area contributed by atoms with Gasteiger partial charge in [-0.2, -0.15) is 0 Å². The van der Waals surface area contributed by atoms with Gasteiger partial charge in [-0.25, -0.2) is 4.39 Å². The summed E-state index contributed by atoms with van der Waals surface area (Å²) in [5.74, 6) is -0.350. The molecule has 2 aromatic rings. The van der Waals surface area contributed by atoms with Crippen molar-refractivity contribution in [1.82, 2.24) is 0 Å². The Balaban J connectivity index is 2.15. The van der Waals surface area contributed by atoms with E-state index in [1.807, 2.05) is 24.3 Å². The lowest BCUT2D eigenvalue weighted by Crippen LogP contribution is -2.25. The maximum absolute atomic E-state index is 13.8. The first-order chi connectivity index (χ1) is 9.22. The summed E-state index contributed by atoms with van der Waals surface area (Å²) < 4.78 is 13.8. The molecule has 19 heavy (non-hydrogen) atoms. The zero-order valence-corrected chi connectivity index (χ0v) is 10.8. The van der Waals surface area contributed by atoms with Crippen LogP contribution in [-0.4, -0.2) is 11.1 Å². The smallest absolute Gasteiger partial charge is 0.130 e. The standard InChI is InChI=1S/C16H16FNO/c1-11-9-12-5-2-3-7-15(12)18(11)16-8-4-6-14(17)13(16)10-19/h2-8,11,19H,9-10H2,1H3. The van der Waals surface area contributed by atoms with Crippen LogP contribution in [0.5, 0.6) is 0 Å². The molecule has 1 atom stereocenters. The summed E-state index contributed by atoms with van der Waals surface area (Å²) in [6, 6.07) is 13.4. The van der Waals surface area contributed by atoms with Crippen LogP contribution in [0.2, 0.25) is 0 Å². The average Bonchev–Trinajstić information content (AvgIpc) is 2.74. The number of aliphatic hydroxyl groups excluding tert-OH is 1. The molecular formula is C16H16FNO. The number of rotatable bonds is 2. The first-order valence-electron chi connectivity index (χ1n) is 6.47. The van der Waals surface area contributed by atoms with Crippen LogP contribution in [0.25, 0.3) is 0 Å². The topological polar surface area (TPSA) is 23.5 Å². The Morgan fingerprint density at radius 3 is 2.68 bits per heavy atom. The minimum Gasteiger partial charge on any atom is -0.391 e. The largest absolute Gasteiger partial charge is 0.391 e. The van der Waals surface area contributed by atoms with Gasteiger partial charge in [0, 0.05) is 23.0 Å². The highest BCUT2D eigenvalue weighted by Crippen LogP contribution is 2.40. The normalized spacial score (nSPS) is 17.6. The maximum atomic E-state index is 13.8. The molecule has 0 aliphatic carbocycles. The van der Waals surface area contributed by atoms with Crippen LogP contribution < -0.4 is 4.90 Å². The third kappa shape index (κ3) is 1.90. The van der Waals surface area contributed by atoms with Crippen LogP contribution in [0.3, 0.4) is 0 Å². The molecule has 1 aliphatic heterocycles. The lowest BCUT2D eigenvalue weighted by atomic mass is 10.1. The minimum absolute atomic E-state index is 0.268. The Hall–Kier alpha value is -1.87. The van der Waals surface area contributed by atoms with Gasteiger partial charge in [-0.3, -0.25) is 0 Å². The fraction of sp³-hybridized carbons (Fsp3) is 0.250. The molecule has 3 rings (SSSR count). The number of nitrogens with zero attached hydrogens (tertiary/aromatic N) is 1. The molecule has 1 heterocycles. The summed E-state index contributed by atoms with van der Waals surface area (Å²) in [4.78, 5) is 2.12. The number of para-hydroxylation sites is 1. The highest BCUT2D eigenvalue weighted by molar-refractivity contribution is 5.73. The van der Waals surface area contributed by atoms with Crippen molar-refractivity contribution in [3.63, 3.8) is 0 Å². The molecule has 0 radical (unpaired) electrons. The molecule has 2 nitrogen and oxygen atoms in total. The van der Waals surface area contributed by atoms with Gasteiger partial charge in [-0.1, -0.05) is 24.3 Å². The van der Waals surface area contributed by atoms with Crippen molar-refractivity contribution < 1.29 is 9.50 Å². The first-order valence-corrected chi connectivity index (χ1v) is 6.47. The zero-order chi connectivity index (χ0) is 13.4. The zero-order valence-electron chi connectivity index (χ0n) is 10.8. The summed E-state index contributed by atoms with van der Waals surface area (Å²) in [5, 5.41) is 9.43. The predicted octanol–water partition coefficient (Wildman–Crippen LogP) is 3.40. The van der Waals surface area contributed by atoms with E-state index in [9.17, 15) is 9.50 Å². The molecule has 1 N–H and O–H groups in total. The fourth-order valence-electron chi connectivity index (χ4n) is 2.86. The lowest BCUT2D eigenvalue weighted by Gasteiger charge is -2.27.